The quantitative estimate of drug-likeness (QED) is 0.683. The van der Waals surface area contributed by atoms with Crippen LogP contribution in [-0.4, -0.2) is 27.8 Å². The van der Waals surface area contributed by atoms with Crippen LogP contribution in [0, 0.1) is 20.8 Å². The molecule has 0 saturated heterocycles. The predicted molar refractivity (Wildman–Crippen MR) is 108 cm³/mol. The van der Waals surface area contributed by atoms with Crippen LogP contribution in [0.1, 0.15) is 34.0 Å². The number of carbonyl (C=O) groups excluding carboxylic acids is 2. The van der Waals surface area contributed by atoms with Crippen molar-refractivity contribution in [1.82, 2.24) is 9.78 Å². The van der Waals surface area contributed by atoms with Crippen molar-refractivity contribution < 1.29 is 14.3 Å². The Hall–Kier alpha value is -3.41. The first kappa shape index (κ1) is 19.4. The molecule has 6 heteroatoms. The van der Waals surface area contributed by atoms with Gasteiger partial charge in [0.25, 0.3) is 5.91 Å². The molecule has 0 radical (unpaired) electrons. The Morgan fingerprint density at radius 1 is 1.07 bits per heavy atom. The molecule has 0 bridgehead atoms. The molecule has 3 rings (SSSR count). The van der Waals surface area contributed by atoms with Crippen molar-refractivity contribution in [2.75, 3.05) is 5.32 Å². The van der Waals surface area contributed by atoms with Gasteiger partial charge in [0.2, 0.25) is 0 Å². The summed E-state index contributed by atoms with van der Waals surface area (Å²) in [5, 5.41) is 7.00. The lowest BCUT2D eigenvalue weighted by Gasteiger charge is -2.17. The SMILES string of the molecule is Cc1cc(C)c(NC(=O)C(C)OC(=O)c2ccc(-n3cccn3)cc2)c(C)c1. The second-order valence-corrected chi connectivity index (χ2v) is 6.81. The minimum Gasteiger partial charge on any atom is -0.449 e. The maximum absolute atomic E-state index is 12.5. The molecule has 0 spiro atoms. The molecule has 0 saturated carbocycles. The van der Waals surface area contributed by atoms with E-state index in [0.29, 0.717) is 5.56 Å². The Labute approximate surface area is 164 Å². The number of amides is 1. The number of hydrogen-bond donors (Lipinski definition) is 1. The van der Waals surface area contributed by atoms with Gasteiger partial charge in [-0.25, -0.2) is 9.48 Å². The number of aryl methyl sites for hydroxylation is 3. The first-order valence-corrected chi connectivity index (χ1v) is 9.05. The topological polar surface area (TPSA) is 73.2 Å². The highest BCUT2D eigenvalue weighted by Gasteiger charge is 2.20. The summed E-state index contributed by atoms with van der Waals surface area (Å²) in [6.45, 7) is 7.44. The number of anilines is 1. The Morgan fingerprint density at radius 3 is 2.29 bits per heavy atom. The zero-order valence-corrected chi connectivity index (χ0v) is 16.4. The van der Waals surface area contributed by atoms with Gasteiger partial charge >= 0.3 is 5.97 Å². The molecule has 3 aromatic rings. The standard InChI is InChI=1S/C22H23N3O3/c1-14-12-15(2)20(16(3)13-14)24-21(26)17(4)28-22(27)18-6-8-19(9-7-18)25-11-5-10-23-25/h5-13,17H,1-4H3,(H,24,26). The molecule has 0 fully saturated rings. The van der Waals surface area contributed by atoms with Crippen LogP contribution in [0.25, 0.3) is 5.69 Å². The number of nitrogens with zero attached hydrogens (tertiary/aromatic N) is 2. The summed E-state index contributed by atoms with van der Waals surface area (Å²) in [7, 11) is 0. The van der Waals surface area contributed by atoms with Crippen molar-refractivity contribution in [2.45, 2.75) is 33.8 Å². The number of nitrogens with one attached hydrogen (secondary N) is 1. The third-order valence-electron chi connectivity index (χ3n) is 4.45. The number of carbonyl (C=O) groups is 2. The molecule has 2 aromatic carbocycles. The molecule has 28 heavy (non-hydrogen) atoms. The Balaban J connectivity index is 1.64. The predicted octanol–water partition coefficient (Wildman–Crippen LogP) is 3.98. The monoisotopic (exact) mass is 377 g/mol. The van der Waals surface area contributed by atoms with Gasteiger partial charge in [0.05, 0.1) is 11.3 Å². The molecular formula is C22H23N3O3. The second-order valence-electron chi connectivity index (χ2n) is 6.81. The normalized spacial score (nSPS) is 11.7. The van der Waals surface area contributed by atoms with E-state index in [4.69, 9.17) is 4.74 Å². The van der Waals surface area contributed by atoms with Crippen LogP contribution in [0.2, 0.25) is 0 Å². The average Bonchev–Trinajstić information content (AvgIpc) is 3.19. The summed E-state index contributed by atoms with van der Waals surface area (Å²) < 4.78 is 7.02. The molecule has 0 aliphatic rings. The van der Waals surface area contributed by atoms with Crippen molar-refractivity contribution in [3.05, 3.63) is 77.1 Å². The van der Waals surface area contributed by atoms with Crippen molar-refractivity contribution >= 4 is 17.6 Å². The van der Waals surface area contributed by atoms with Crippen LogP contribution in [0.15, 0.2) is 54.9 Å². The molecule has 1 heterocycles. The van der Waals surface area contributed by atoms with Gasteiger partial charge in [-0.05, 0) is 69.2 Å². The number of esters is 1. The summed E-state index contributed by atoms with van der Waals surface area (Å²) in [5.41, 5.74) is 5.03. The van der Waals surface area contributed by atoms with Gasteiger partial charge in [-0.15, -0.1) is 0 Å². The smallest absolute Gasteiger partial charge is 0.338 e. The van der Waals surface area contributed by atoms with Crippen molar-refractivity contribution in [2.24, 2.45) is 0 Å². The maximum atomic E-state index is 12.5. The van der Waals surface area contributed by atoms with Crippen molar-refractivity contribution in [1.29, 1.82) is 0 Å². The van der Waals surface area contributed by atoms with E-state index < -0.39 is 12.1 Å². The highest BCUT2D eigenvalue weighted by molar-refractivity contribution is 5.98. The molecule has 1 N–H and O–H groups in total. The van der Waals surface area contributed by atoms with E-state index in [1.165, 1.54) is 0 Å². The Morgan fingerprint density at radius 2 is 1.71 bits per heavy atom. The molecule has 6 nitrogen and oxygen atoms in total. The van der Waals surface area contributed by atoms with Crippen LogP contribution in [-0.2, 0) is 9.53 Å². The van der Waals surface area contributed by atoms with Crippen LogP contribution in [0.5, 0.6) is 0 Å². The van der Waals surface area contributed by atoms with Crippen LogP contribution in [0.4, 0.5) is 5.69 Å². The van der Waals surface area contributed by atoms with Gasteiger partial charge in [-0.2, -0.15) is 5.10 Å². The number of rotatable bonds is 5. The highest BCUT2D eigenvalue weighted by Crippen LogP contribution is 2.22. The first-order valence-electron chi connectivity index (χ1n) is 9.05. The van der Waals surface area contributed by atoms with Gasteiger partial charge < -0.3 is 10.1 Å². The zero-order valence-electron chi connectivity index (χ0n) is 16.4. The van der Waals surface area contributed by atoms with Crippen LogP contribution >= 0.6 is 0 Å². The van der Waals surface area contributed by atoms with E-state index in [-0.39, 0.29) is 5.91 Å². The fourth-order valence-corrected chi connectivity index (χ4v) is 3.06. The van der Waals surface area contributed by atoms with E-state index in [1.807, 2.05) is 45.2 Å². The second kappa shape index (κ2) is 8.08. The summed E-state index contributed by atoms with van der Waals surface area (Å²) in [5.74, 6) is -0.913. The molecule has 0 aliphatic heterocycles. The summed E-state index contributed by atoms with van der Waals surface area (Å²) in [6, 6.07) is 12.7. The Kier molecular flexibility index (Phi) is 5.59. The fourth-order valence-electron chi connectivity index (χ4n) is 3.06. The van der Waals surface area contributed by atoms with Crippen LogP contribution < -0.4 is 5.32 Å². The number of ether oxygens (including phenoxy) is 1. The third-order valence-corrected chi connectivity index (χ3v) is 4.45. The van der Waals surface area contributed by atoms with Crippen LogP contribution in [0.3, 0.4) is 0 Å². The first-order chi connectivity index (χ1) is 13.3. The zero-order chi connectivity index (χ0) is 20.3. The van der Waals surface area contributed by atoms with Gasteiger partial charge in [0.1, 0.15) is 0 Å². The molecular weight excluding hydrogens is 354 g/mol. The number of aromatic nitrogens is 2. The molecule has 1 atom stereocenters. The van der Waals surface area contributed by atoms with Crippen molar-refractivity contribution in [3.8, 4) is 5.69 Å². The van der Waals surface area contributed by atoms with Gasteiger partial charge in [0, 0.05) is 18.1 Å². The molecule has 144 valence electrons. The average molecular weight is 377 g/mol. The van der Waals surface area contributed by atoms with E-state index in [9.17, 15) is 9.59 Å². The van der Waals surface area contributed by atoms with E-state index in [2.05, 4.69) is 10.4 Å². The van der Waals surface area contributed by atoms with Gasteiger partial charge in [0.15, 0.2) is 6.10 Å². The molecule has 1 amide bonds. The molecule has 1 aromatic heterocycles. The minimum atomic E-state index is -0.918. The van der Waals surface area contributed by atoms with E-state index in [0.717, 1.165) is 28.1 Å². The minimum absolute atomic E-state index is 0.364. The Bertz CT molecular complexity index is 969. The van der Waals surface area contributed by atoms with E-state index >= 15 is 0 Å². The molecule has 1 unspecified atom stereocenters. The summed E-state index contributed by atoms with van der Waals surface area (Å²) >= 11 is 0. The fraction of sp³-hybridized carbons (Fsp3) is 0.227. The lowest BCUT2D eigenvalue weighted by Crippen LogP contribution is -2.30. The highest BCUT2D eigenvalue weighted by atomic mass is 16.5. The molecule has 0 aliphatic carbocycles. The van der Waals surface area contributed by atoms with Gasteiger partial charge in [-0.3, -0.25) is 4.79 Å². The van der Waals surface area contributed by atoms with Crippen molar-refractivity contribution in [3.63, 3.8) is 0 Å². The number of benzene rings is 2. The summed E-state index contributed by atoms with van der Waals surface area (Å²) in [6.07, 6.45) is 2.58. The summed E-state index contributed by atoms with van der Waals surface area (Å²) in [4.78, 5) is 24.8. The lowest BCUT2D eigenvalue weighted by atomic mass is 10.0. The third kappa shape index (κ3) is 4.28. The number of hydrogen-bond acceptors (Lipinski definition) is 4. The largest absolute Gasteiger partial charge is 0.449 e. The maximum Gasteiger partial charge on any atom is 0.338 e. The lowest BCUT2D eigenvalue weighted by molar-refractivity contribution is -0.123. The van der Waals surface area contributed by atoms with E-state index in [1.54, 1.807) is 42.1 Å². The van der Waals surface area contributed by atoms with Gasteiger partial charge in [-0.1, -0.05) is 17.7 Å².